The second-order valence-electron chi connectivity index (χ2n) is 4.36. The van der Waals surface area contributed by atoms with E-state index in [2.05, 4.69) is 5.32 Å². The minimum Gasteiger partial charge on any atom is -0.391 e. The summed E-state index contributed by atoms with van der Waals surface area (Å²) in [4.78, 5) is 12.1. The van der Waals surface area contributed by atoms with Crippen molar-refractivity contribution in [1.82, 2.24) is 5.32 Å². The highest BCUT2D eigenvalue weighted by atomic mass is 16.3. The van der Waals surface area contributed by atoms with Crippen LogP contribution >= 0.6 is 0 Å². The van der Waals surface area contributed by atoms with E-state index < -0.39 is 11.6 Å². The fourth-order valence-corrected chi connectivity index (χ4v) is 2.01. The smallest absolute Gasteiger partial charge is 0.251 e. The summed E-state index contributed by atoms with van der Waals surface area (Å²) >= 11 is 0. The number of hydrogen-bond donors (Lipinski definition) is 2. The number of amides is 1. The monoisotopic (exact) mass is 235 g/mol. The average molecular weight is 235 g/mol. The van der Waals surface area contributed by atoms with Gasteiger partial charge in [0.25, 0.3) is 5.91 Å². The first kappa shape index (κ1) is 13.7. The Labute approximate surface area is 103 Å². The van der Waals surface area contributed by atoms with Crippen molar-refractivity contribution in [3.63, 3.8) is 0 Å². The highest BCUT2D eigenvalue weighted by Gasteiger charge is 2.33. The van der Waals surface area contributed by atoms with E-state index in [4.69, 9.17) is 0 Å². The predicted octanol–water partition coefficient (Wildman–Crippen LogP) is 2.36. The Hall–Kier alpha value is -1.35. The highest BCUT2D eigenvalue weighted by molar-refractivity contribution is 5.94. The van der Waals surface area contributed by atoms with Crippen molar-refractivity contribution < 1.29 is 9.90 Å². The molecule has 0 saturated carbocycles. The number of rotatable bonds is 5. The molecule has 3 heteroatoms. The van der Waals surface area contributed by atoms with E-state index in [9.17, 15) is 9.90 Å². The third-order valence-corrected chi connectivity index (χ3v) is 3.46. The van der Waals surface area contributed by atoms with Crippen molar-refractivity contribution in [1.29, 1.82) is 0 Å². The van der Waals surface area contributed by atoms with Crippen LogP contribution in [0.2, 0.25) is 0 Å². The molecular formula is C14H21NO2. The molecule has 1 aromatic rings. The number of benzene rings is 1. The molecule has 0 aliphatic rings. The Balaban J connectivity index is 2.85. The van der Waals surface area contributed by atoms with Gasteiger partial charge in [-0.1, -0.05) is 32.0 Å². The summed E-state index contributed by atoms with van der Waals surface area (Å²) < 4.78 is 0. The van der Waals surface area contributed by atoms with E-state index in [-0.39, 0.29) is 5.91 Å². The second kappa shape index (κ2) is 5.82. The highest BCUT2D eigenvalue weighted by Crippen LogP contribution is 2.20. The number of carbonyl (C=O) groups excluding carboxylic acids is 1. The van der Waals surface area contributed by atoms with Gasteiger partial charge >= 0.3 is 0 Å². The Bertz CT molecular complexity index is 356. The van der Waals surface area contributed by atoms with Gasteiger partial charge in [-0.05, 0) is 31.9 Å². The van der Waals surface area contributed by atoms with Gasteiger partial charge in [0.15, 0.2) is 0 Å². The molecular weight excluding hydrogens is 214 g/mol. The van der Waals surface area contributed by atoms with Gasteiger partial charge in [-0.25, -0.2) is 0 Å². The lowest BCUT2D eigenvalue weighted by Gasteiger charge is -2.35. The maximum Gasteiger partial charge on any atom is 0.251 e. The van der Waals surface area contributed by atoms with Crippen LogP contribution < -0.4 is 5.32 Å². The second-order valence-corrected chi connectivity index (χ2v) is 4.36. The first-order valence-corrected chi connectivity index (χ1v) is 6.11. The molecule has 17 heavy (non-hydrogen) atoms. The molecule has 1 amide bonds. The van der Waals surface area contributed by atoms with Gasteiger partial charge in [0, 0.05) is 5.56 Å². The van der Waals surface area contributed by atoms with E-state index in [0.717, 1.165) is 0 Å². The van der Waals surface area contributed by atoms with Crippen LogP contribution in [0.15, 0.2) is 30.3 Å². The number of aliphatic hydroxyl groups excluding tert-OH is 1. The third-order valence-electron chi connectivity index (χ3n) is 3.46. The Kier molecular flexibility index (Phi) is 4.70. The zero-order chi connectivity index (χ0) is 12.9. The molecule has 0 aliphatic heterocycles. The van der Waals surface area contributed by atoms with Gasteiger partial charge in [0.2, 0.25) is 0 Å². The fraction of sp³-hybridized carbons (Fsp3) is 0.500. The number of nitrogens with one attached hydrogen (secondary N) is 1. The van der Waals surface area contributed by atoms with E-state index in [1.54, 1.807) is 19.1 Å². The first-order valence-electron chi connectivity index (χ1n) is 6.11. The topological polar surface area (TPSA) is 49.3 Å². The molecule has 0 spiro atoms. The van der Waals surface area contributed by atoms with Crippen molar-refractivity contribution in [2.24, 2.45) is 0 Å². The quantitative estimate of drug-likeness (QED) is 0.823. The standard InChI is InChI=1S/C14H21NO2/c1-4-14(5-2,11(3)16)15-13(17)12-9-7-6-8-10-12/h6-11,16H,4-5H2,1-3H3,(H,15,17)/t11-/m1/s1. The lowest BCUT2D eigenvalue weighted by molar-refractivity contribution is 0.0548. The molecule has 0 saturated heterocycles. The first-order chi connectivity index (χ1) is 8.05. The van der Waals surface area contributed by atoms with Crippen LogP contribution in [0, 0.1) is 0 Å². The number of hydrogen-bond acceptors (Lipinski definition) is 2. The molecule has 1 rings (SSSR count). The summed E-state index contributed by atoms with van der Waals surface area (Å²) in [7, 11) is 0. The molecule has 0 heterocycles. The van der Waals surface area contributed by atoms with E-state index in [1.807, 2.05) is 32.0 Å². The van der Waals surface area contributed by atoms with Crippen LogP contribution in [0.5, 0.6) is 0 Å². The third kappa shape index (κ3) is 3.07. The van der Waals surface area contributed by atoms with Crippen LogP contribution in [0.3, 0.4) is 0 Å². The van der Waals surface area contributed by atoms with E-state index in [0.29, 0.717) is 18.4 Å². The van der Waals surface area contributed by atoms with Crippen LogP contribution in [0.25, 0.3) is 0 Å². The van der Waals surface area contributed by atoms with Gasteiger partial charge in [-0.15, -0.1) is 0 Å². The molecule has 1 aromatic carbocycles. The molecule has 0 fully saturated rings. The van der Waals surface area contributed by atoms with Gasteiger partial charge in [0.1, 0.15) is 0 Å². The average Bonchev–Trinajstić information content (AvgIpc) is 2.36. The van der Waals surface area contributed by atoms with Crippen molar-refractivity contribution in [2.75, 3.05) is 0 Å². The molecule has 2 N–H and O–H groups in total. The van der Waals surface area contributed by atoms with Crippen LogP contribution in [-0.2, 0) is 0 Å². The Morgan fingerprint density at radius 3 is 2.24 bits per heavy atom. The van der Waals surface area contributed by atoms with Crippen molar-refractivity contribution in [3.05, 3.63) is 35.9 Å². The molecule has 94 valence electrons. The molecule has 0 aliphatic carbocycles. The Morgan fingerprint density at radius 2 is 1.82 bits per heavy atom. The van der Waals surface area contributed by atoms with Gasteiger partial charge in [0.05, 0.1) is 11.6 Å². The van der Waals surface area contributed by atoms with Crippen molar-refractivity contribution >= 4 is 5.91 Å². The normalized spacial score (nSPS) is 13.2. The minimum atomic E-state index is -0.565. The van der Waals surface area contributed by atoms with E-state index in [1.165, 1.54) is 0 Å². The summed E-state index contributed by atoms with van der Waals surface area (Å²) in [5, 5.41) is 12.8. The summed E-state index contributed by atoms with van der Waals surface area (Å²) in [5.74, 6) is -0.129. The largest absolute Gasteiger partial charge is 0.391 e. The number of carbonyl (C=O) groups is 1. The van der Waals surface area contributed by atoms with Gasteiger partial charge in [-0.2, -0.15) is 0 Å². The van der Waals surface area contributed by atoms with Crippen molar-refractivity contribution in [2.45, 2.75) is 45.3 Å². The van der Waals surface area contributed by atoms with Crippen molar-refractivity contribution in [3.8, 4) is 0 Å². The summed E-state index contributed by atoms with van der Waals surface area (Å²) in [6.07, 6.45) is 0.851. The van der Waals surface area contributed by atoms with Gasteiger partial charge < -0.3 is 10.4 Å². The molecule has 0 unspecified atom stereocenters. The maximum atomic E-state index is 12.1. The molecule has 0 aromatic heterocycles. The molecule has 0 bridgehead atoms. The lowest BCUT2D eigenvalue weighted by Crippen LogP contribution is -2.54. The zero-order valence-corrected chi connectivity index (χ0v) is 10.7. The molecule has 1 atom stereocenters. The summed E-state index contributed by atoms with van der Waals surface area (Å²) in [5.41, 5.74) is 0.0897. The minimum absolute atomic E-state index is 0.129. The fourth-order valence-electron chi connectivity index (χ4n) is 2.01. The summed E-state index contributed by atoms with van der Waals surface area (Å²) in [6.45, 7) is 5.67. The number of aliphatic hydroxyl groups is 1. The van der Waals surface area contributed by atoms with Crippen LogP contribution in [0.1, 0.15) is 44.0 Å². The predicted molar refractivity (Wildman–Crippen MR) is 68.9 cm³/mol. The molecule has 3 nitrogen and oxygen atoms in total. The lowest BCUT2D eigenvalue weighted by atomic mass is 9.87. The Morgan fingerprint density at radius 1 is 1.29 bits per heavy atom. The molecule has 0 radical (unpaired) electrons. The van der Waals surface area contributed by atoms with E-state index >= 15 is 0 Å². The summed E-state index contributed by atoms with van der Waals surface area (Å²) in [6, 6.07) is 9.08. The maximum absolute atomic E-state index is 12.1. The zero-order valence-electron chi connectivity index (χ0n) is 10.7. The SMILES string of the molecule is CCC(CC)(NC(=O)c1ccccc1)[C@@H](C)O. The van der Waals surface area contributed by atoms with Gasteiger partial charge in [-0.3, -0.25) is 4.79 Å². The van der Waals surface area contributed by atoms with Crippen LogP contribution in [-0.4, -0.2) is 22.7 Å². The van der Waals surface area contributed by atoms with Crippen LogP contribution in [0.4, 0.5) is 0 Å².